The quantitative estimate of drug-likeness (QED) is 0.520. The summed E-state index contributed by atoms with van der Waals surface area (Å²) < 4.78 is 5.06. The molecule has 0 spiro atoms. The molecule has 0 radical (unpaired) electrons. The largest absolute Gasteiger partial charge is 0.508 e. The monoisotopic (exact) mass is 167 g/mol. The Labute approximate surface area is 71.8 Å². The minimum Gasteiger partial charge on any atom is -0.508 e. The van der Waals surface area contributed by atoms with Gasteiger partial charge in [0.2, 0.25) is 0 Å². The molecule has 1 rings (SSSR count). The van der Waals surface area contributed by atoms with Gasteiger partial charge in [0.05, 0.1) is 6.10 Å². The van der Waals surface area contributed by atoms with Crippen molar-refractivity contribution < 1.29 is 9.84 Å². The van der Waals surface area contributed by atoms with Gasteiger partial charge in [0.1, 0.15) is 5.75 Å². The maximum atomic E-state index is 9.40. The zero-order chi connectivity index (χ0) is 9.14. The molecular formula is C9H13NO2. The average molecular weight is 167 g/mol. The highest BCUT2D eigenvalue weighted by molar-refractivity contribution is 5.48. The van der Waals surface area contributed by atoms with E-state index in [2.05, 4.69) is 0 Å². The molecule has 0 heterocycles. The van der Waals surface area contributed by atoms with Crippen molar-refractivity contribution >= 4 is 5.69 Å². The van der Waals surface area contributed by atoms with Crippen LogP contribution in [0.15, 0.2) is 18.2 Å². The van der Waals surface area contributed by atoms with E-state index in [9.17, 15) is 5.11 Å². The van der Waals surface area contributed by atoms with E-state index in [0.717, 1.165) is 5.56 Å². The Hall–Kier alpha value is -1.22. The lowest BCUT2D eigenvalue weighted by Crippen LogP contribution is -1.97. The Balaban J connectivity index is 3.04. The van der Waals surface area contributed by atoms with Gasteiger partial charge < -0.3 is 15.6 Å². The zero-order valence-electron chi connectivity index (χ0n) is 7.24. The lowest BCUT2D eigenvalue weighted by molar-refractivity contribution is 0.117. The van der Waals surface area contributed by atoms with Crippen LogP contribution in [0.25, 0.3) is 0 Å². The molecule has 12 heavy (non-hydrogen) atoms. The van der Waals surface area contributed by atoms with E-state index in [1.165, 1.54) is 0 Å². The number of methoxy groups -OCH3 is 1. The molecule has 1 aromatic carbocycles. The number of ether oxygens (including phenoxy) is 1. The van der Waals surface area contributed by atoms with Gasteiger partial charge in [-0.15, -0.1) is 0 Å². The summed E-state index contributed by atoms with van der Waals surface area (Å²) in [5.41, 5.74) is 6.90. The predicted octanol–water partition coefficient (Wildman–Crippen LogP) is 1.68. The lowest BCUT2D eigenvalue weighted by atomic mass is 10.1. The number of rotatable bonds is 2. The van der Waals surface area contributed by atoms with Gasteiger partial charge in [0, 0.05) is 18.4 Å². The molecule has 3 heteroatoms. The highest BCUT2D eigenvalue weighted by Crippen LogP contribution is 2.27. The molecule has 0 aliphatic rings. The second kappa shape index (κ2) is 3.45. The molecule has 0 saturated heterocycles. The molecular weight excluding hydrogens is 154 g/mol. The maximum Gasteiger partial charge on any atom is 0.121 e. The van der Waals surface area contributed by atoms with Crippen LogP contribution in [0.4, 0.5) is 5.69 Å². The van der Waals surface area contributed by atoms with E-state index in [-0.39, 0.29) is 11.9 Å². The van der Waals surface area contributed by atoms with Crippen LogP contribution in [-0.2, 0) is 4.74 Å². The van der Waals surface area contributed by atoms with Crippen LogP contribution in [0.3, 0.4) is 0 Å². The summed E-state index contributed by atoms with van der Waals surface area (Å²) in [6.45, 7) is 1.86. The number of hydrogen-bond acceptors (Lipinski definition) is 3. The zero-order valence-corrected chi connectivity index (χ0v) is 7.24. The Kier molecular flexibility index (Phi) is 2.55. The van der Waals surface area contributed by atoms with Crippen LogP contribution >= 0.6 is 0 Å². The van der Waals surface area contributed by atoms with Crippen molar-refractivity contribution in [2.45, 2.75) is 13.0 Å². The SMILES string of the molecule is COC(C)c1cc(N)ccc1O. The van der Waals surface area contributed by atoms with Crippen molar-refractivity contribution in [3.05, 3.63) is 23.8 Å². The summed E-state index contributed by atoms with van der Waals surface area (Å²) in [6.07, 6.45) is -0.131. The molecule has 1 aromatic rings. The fourth-order valence-electron chi connectivity index (χ4n) is 1.03. The molecule has 0 aliphatic heterocycles. The maximum absolute atomic E-state index is 9.40. The smallest absolute Gasteiger partial charge is 0.121 e. The highest BCUT2D eigenvalue weighted by atomic mass is 16.5. The Morgan fingerprint density at radius 3 is 2.75 bits per heavy atom. The van der Waals surface area contributed by atoms with Gasteiger partial charge in [-0.05, 0) is 25.1 Å². The van der Waals surface area contributed by atoms with E-state index < -0.39 is 0 Å². The third kappa shape index (κ3) is 1.68. The number of hydrogen-bond donors (Lipinski definition) is 2. The first kappa shape index (κ1) is 8.87. The summed E-state index contributed by atoms with van der Waals surface area (Å²) >= 11 is 0. The van der Waals surface area contributed by atoms with Gasteiger partial charge in [0.25, 0.3) is 0 Å². The molecule has 1 unspecified atom stereocenters. The Morgan fingerprint density at radius 2 is 2.17 bits per heavy atom. The van der Waals surface area contributed by atoms with Crippen molar-refractivity contribution in [1.29, 1.82) is 0 Å². The lowest BCUT2D eigenvalue weighted by Gasteiger charge is -2.11. The van der Waals surface area contributed by atoms with Gasteiger partial charge in [-0.3, -0.25) is 0 Å². The van der Waals surface area contributed by atoms with Crippen LogP contribution < -0.4 is 5.73 Å². The summed E-state index contributed by atoms with van der Waals surface area (Å²) in [5.74, 6) is 0.221. The highest BCUT2D eigenvalue weighted by Gasteiger charge is 2.08. The van der Waals surface area contributed by atoms with E-state index in [0.29, 0.717) is 5.69 Å². The second-order valence-electron chi connectivity index (χ2n) is 2.70. The number of nitrogens with two attached hydrogens (primary N) is 1. The second-order valence-corrected chi connectivity index (χ2v) is 2.70. The predicted molar refractivity (Wildman–Crippen MR) is 47.9 cm³/mol. The third-order valence-electron chi connectivity index (χ3n) is 1.84. The minimum atomic E-state index is -0.131. The minimum absolute atomic E-state index is 0.131. The third-order valence-corrected chi connectivity index (χ3v) is 1.84. The van der Waals surface area contributed by atoms with Crippen LogP contribution in [0.2, 0.25) is 0 Å². The fraction of sp³-hybridized carbons (Fsp3) is 0.333. The van der Waals surface area contributed by atoms with E-state index >= 15 is 0 Å². The molecule has 0 amide bonds. The van der Waals surface area contributed by atoms with Crippen molar-refractivity contribution in [2.75, 3.05) is 12.8 Å². The number of aromatic hydroxyl groups is 1. The van der Waals surface area contributed by atoms with E-state index in [4.69, 9.17) is 10.5 Å². The number of nitrogen functional groups attached to an aromatic ring is 1. The van der Waals surface area contributed by atoms with Crippen LogP contribution in [0.1, 0.15) is 18.6 Å². The van der Waals surface area contributed by atoms with Gasteiger partial charge in [0.15, 0.2) is 0 Å². The number of phenols is 1. The number of anilines is 1. The van der Waals surface area contributed by atoms with Gasteiger partial charge in [-0.1, -0.05) is 0 Å². The van der Waals surface area contributed by atoms with Crippen LogP contribution in [-0.4, -0.2) is 12.2 Å². The van der Waals surface area contributed by atoms with Gasteiger partial charge in [-0.25, -0.2) is 0 Å². The number of phenolic OH excluding ortho intramolecular Hbond substituents is 1. The molecule has 0 fully saturated rings. The molecule has 3 nitrogen and oxygen atoms in total. The topological polar surface area (TPSA) is 55.5 Å². The fourth-order valence-corrected chi connectivity index (χ4v) is 1.03. The first-order chi connectivity index (χ1) is 5.65. The van der Waals surface area contributed by atoms with Crippen LogP contribution in [0, 0.1) is 0 Å². The molecule has 0 aromatic heterocycles. The van der Waals surface area contributed by atoms with Gasteiger partial charge >= 0.3 is 0 Å². The molecule has 0 bridgehead atoms. The van der Waals surface area contributed by atoms with Crippen LogP contribution in [0.5, 0.6) is 5.75 Å². The van der Waals surface area contributed by atoms with E-state index in [1.54, 1.807) is 25.3 Å². The Morgan fingerprint density at radius 1 is 1.50 bits per heavy atom. The van der Waals surface area contributed by atoms with Crippen molar-refractivity contribution in [1.82, 2.24) is 0 Å². The average Bonchev–Trinajstić information content (AvgIpc) is 2.08. The first-order valence-electron chi connectivity index (χ1n) is 3.76. The molecule has 0 saturated carbocycles. The summed E-state index contributed by atoms with van der Waals surface area (Å²) in [4.78, 5) is 0. The molecule has 66 valence electrons. The standard InChI is InChI=1S/C9H13NO2/c1-6(12-2)8-5-7(10)3-4-9(8)11/h3-6,11H,10H2,1-2H3. The first-order valence-corrected chi connectivity index (χ1v) is 3.76. The number of benzene rings is 1. The molecule has 0 aliphatic carbocycles. The normalized spacial score (nSPS) is 12.8. The summed E-state index contributed by atoms with van der Waals surface area (Å²) in [7, 11) is 1.59. The Bertz CT molecular complexity index is 273. The van der Waals surface area contributed by atoms with E-state index in [1.807, 2.05) is 6.92 Å². The van der Waals surface area contributed by atoms with Crippen molar-refractivity contribution in [2.24, 2.45) is 0 Å². The van der Waals surface area contributed by atoms with Crippen molar-refractivity contribution in [3.63, 3.8) is 0 Å². The molecule has 3 N–H and O–H groups in total. The van der Waals surface area contributed by atoms with Gasteiger partial charge in [-0.2, -0.15) is 0 Å². The summed E-state index contributed by atoms with van der Waals surface area (Å²) in [6, 6.07) is 4.94. The van der Waals surface area contributed by atoms with Crippen molar-refractivity contribution in [3.8, 4) is 5.75 Å². The summed E-state index contributed by atoms with van der Waals surface area (Å²) in [5, 5.41) is 9.40. The molecule has 1 atom stereocenters.